The molecule has 1 fully saturated rings. The van der Waals surface area contributed by atoms with Gasteiger partial charge in [0.25, 0.3) is 5.88 Å². The monoisotopic (exact) mass is 433 g/mol. The molecule has 27 heavy (non-hydrogen) atoms. The van der Waals surface area contributed by atoms with Crippen LogP contribution in [0.25, 0.3) is 0 Å². The number of nitrogens with one attached hydrogen (secondary N) is 1. The molecule has 1 aromatic heterocycles. The van der Waals surface area contributed by atoms with Crippen LogP contribution >= 0.6 is 23.3 Å². The second kappa shape index (κ2) is 8.15. The number of hydrogen-bond donors (Lipinski definition) is 2. The number of likely N-dealkylation sites (N-methyl/N-ethyl adjacent to an activating group) is 1. The fourth-order valence-corrected chi connectivity index (χ4v) is 5.14. The van der Waals surface area contributed by atoms with Gasteiger partial charge in [-0.05, 0) is 26.1 Å². The van der Waals surface area contributed by atoms with Crippen molar-refractivity contribution in [1.29, 1.82) is 0 Å². The van der Waals surface area contributed by atoms with Crippen LogP contribution in [-0.4, -0.2) is 71.3 Å². The molecule has 3 rings (SSSR count). The fourth-order valence-electron chi connectivity index (χ4n) is 2.67. The third-order valence-corrected chi connectivity index (χ3v) is 7.05. The first kappa shape index (κ1) is 20.1. The van der Waals surface area contributed by atoms with Crippen LogP contribution in [0.5, 0.6) is 11.6 Å². The number of benzene rings is 1. The van der Waals surface area contributed by atoms with Crippen molar-refractivity contribution >= 4 is 44.9 Å². The van der Waals surface area contributed by atoms with Gasteiger partial charge in [-0.3, -0.25) is 0 Å². The van der Waals surface area contributed by atoms with Crippen molar-refractivity contribution in [3.63, 3.8) is 0 Å². The Morgan fingerprint density at radius 2 is 2.00 bits per heavy atom. The van der Waals surface area contributed by atoms with Crippen molar-refractivity contribution < 1.29 is 18.3 Å². The van der Waals surface area contributed by atoms with Gasteiger partial charge in [-0.2, -0.15) is 8.68 Å². The van der Waals surface area contributed by atoms with Crippen molar-refractivity contribution in [2.75, 3.05) is 45.2 Å². The van der Waals surface area contributed by atoms with Gasteiger partial charge in [-0.15, -0.1) is 4.37 Å². The van der Waals surface area contributed by atoms with E-state index in [0.29, 0.717) is 38.6 Å². The molecule has 2 N–H and O–H groups in total. The van der Waals surface area contributed by atoms with E-state index in [0.717, 1.165) is 11.7 Å². The Kier molecular flexibility index (Phi) is 6.06. The molecule has 1 saturated heterocycles. The number of hydrogen-bond acceptors (Lipinski definition) is 9. The smallest absolute Gasteiger partial charge is 0.271 e. The lowest BCUT2D eigenvalue weighted by Gasteiger charge is -2.32. The van der Waals surface area contributed by atoms with Gasteiger partial charge < -0.3 is 20.1 Å². The maximum atomic E-state index is 13.0. The number of aromatic nitrogens is 2. The van der Waals surface area contributed by atoms with Gasteiger partial charge in [0.15, 0.2) is 5.75 Å². The quantitative estimate of drug-likeness (QED) is 0.666. The fraction of sp³-hybridized carbons (Fsp3) is 0.467. The Balaban J connectivity index is 1.95. The number of anilines is 2. The molecule has 1 aliphatic heterocycles. The molecule has 2 heterocycles. The van der Waals surface area contributed by atoms with Crippen molar-refractivity contribution in [3.05, 3.63) is 17.2 Å². The average Bonchev–Trinajstić information content (AvgIpc) is 3.05. The van der Waals surface area contributed by atoms with Crippen LogP contribution < -0.4 is 10.1 Å². The third kappa shape index (κ3) is 4.11. The van der Waals surface area contributed by atoms with Gasteiger partial charge in [0.2, 0.25) is 15.8 Å². The first-order valence-corrected chi connectivity index (χ1v) is 10.8. The van der Waals surface area contributed by atoms with Gasteiger partial charge in [0.05, 0.1) is 29.0 Å². The predicted octanol–water partition coefficient (Wildman–Crippen LogP) is 1.98. The second-order valence-electron chi connectivity index (χ2n) is 5.96. The molecule has 0 saturated carbocycles. The molecule has 9 nitrogen and oxygen atoms in total. The summed E-state index contributed by atoms with van der Waals surface area (Å²) in [7, 11) is -2.02. The van der Waals surface area contributed by atoms with E-state index in [1.165, 1.54) is 16.4 Å². The Bertz CT molecular complexity index is 913. The zero-order valence-electron chi connectivity index (χ0n) is 14.8. The molecule has 0 aliphatic carbocycles. The summed E-state index contributed by atoms with van der Waals surface area (Å²) in [6, 6.07) is 2.91. The summed E-state index contributed by atoms with van der Waals surface area (Å²) in [6.45, 7) is 4.09. The summed E-state index contributed by atoms with van der Waals surface area (Å²) < 4.78 is 40.8. The van der Waals surface area contributed by atoms with Crippen molar-refractivity contribution in [3.8, 4) is 11.6 Å². The molecule has 2 aromatic rings. The molecule has 1 aliphatic rings. The van der Waals surface area contributed by atoms with Crippen LogP contribution in [0.4, 0.5) is 11.5 Å². The number of phenols is 1. The van der Waals surface area contributed by atoms with E-state index in [-0.39, 0.29) is 21.5 Å². The highest BCUT2D eigenvalue weighted by molar-refractivity contribution is 7.89. The molecule has 0 amide bonds. The Morgan fingerprint density at radius 1 is 1.30 bits per heavy atom. The first-order chi connectivity index (χ1) is 12.8. The molecule has 0 radical (unpaired) electrons. The number of aromatic hydroxyl groups is 1. The van der Waals surface area contributed by atoms with Crippen molar-refractivity contribution in [2.24, 2.45) is 0 Å². The number of phenolic OH excluding ortho intramolecular Hbond substituents is 1. The highest BCUT2D eigenvalue weighted by Crippen LogP contribution is 2.40. The minimum absolute atomic E-state index is 0.0431. The minimum Gasteiger partial charge on any atom is -0.504 e. The summed E-state index contributed by atoms with van der Waals surface area (Å²) in [5, 5.41) is 13.5. The van der Waals surface area contributed by atoms with Crippen LogP contribution in [0.15, 0.2) is 17.0 Å². The largest absolute Gasteiger partial charge is 0.504 e. The van der Waals surface area contributed by atoms with Crippen LogP contribution in [0.1, 0.15) is 6.92 Å². The van der Waals surface area contributed by atoms with Crippen molar-refractivity contribution in [2.45, 2.75) is 11.8 Å². The van der Waals surface area contributed by atoms with E-state index in [2.05, 4.69) is 14.1 Å². The van der Waals surface area contributed by atoms with Gasteiger partial charge in [-0.25, -0.2) is 8.42 Å². The summed E-state index contributed by atoms with van der Waals surface area (Å²) in [6.07, 6.45) is 0. The number of sulfonamides is 1. The summed E-state index contributed by atoms with van der Waals surface area (Å²) >= 11 is 7.08. The summed E-state index contributed by atoms with van der Waals surface area (Å²) in [5.41, 5.74) is 0.153. The molecular formula is C15H20ClN5O4S2. The van der Waals surface area contributed by atoms with E-state index < -0.39 is 15.8 Å². The first-order valence-electron chi connectivity index (χ1n) is 8.27. The number of nitrogens with zero attached hydrogens (tertiary/aromatic N) is 4. The lowest BCUT2D eigenvalue weighted by Crippen LogP contribution is -2.47. The summed E-state index contributed by atoms with van der Waals surface area (Å²) in [4.78, 5) is 1.72. The lowest BCUT2D eigenvalue weighted by molar-refractivity contribution is 0.222. The SMILES string of the molecule is CCOc1nsnc1Nc1ccc(Cl)c(S(=O)(=O)N2CCN(C)CC2)c1O. The average molecular weight is 434 g/mol. The van der Waals surface area contributed by atoms with E-state index in [9.17, 15) is 13.5 Å². The normalized spacial score (nSPS) is 16.4. The van der Waals surface area contributed by atoms with E-state index in [4.69, 9.17) is 16.3 Å². The second-order valence-corrected chi connectivity index (χ2v) is 8.77. The van der Waals surface area contributed by atoms with Crippen LogP contribution in [0, 0.1) is 0 Å². The zero-order chi connectivity index (χ0) is 19.6. The third-order valence-electron chi connectivity index (χ3n) is 4.14. The molecule has 0 bridgehead atoms. The Hall–Kier alpha value is -1.66. The van der Waals surface area contributed by atoms with E-state index in [1.807, 2.05) is 18.9 Å². The summed E-state index contributed by atoms with van der Waals surface area (Å²) in [5.74, 6) is 0.111. The topological polar surface area (TPSA) is 108 Å². The maximum Gasteiger partial charge on any atom is 0.271 e. The number of piperazine rings is 1. The van der Waals surface area contributed by atoms with Gasteiger partial charge in [0.1, 0.15) is 4.90 Å². The molecule has 0 unspecified atom stereocenters. The van der Waals surface area contributed by atoms with Gasteiger partial charge in [-0.1, -0.05) is 11.6 Å². The predicted molar refractivity (Wildman–Crippen MR) is 104 cm³/mol. The van der Waals surface area contributed by atoms with Crippen LogP contribution in [-0.2, 0) is 10.0 Å². The van der Waals surface area contributed by atoms with Crippen molar-refractivity contribution in [1.82, 2.24) is 18.0 Å². The number of rotatable bonds is 6. The molecule has 12 heteroatoms. The van der Waals surface area contributed by atoms with Gasteiger partial charge in [0, 0.05) is 26.2 Å². The maximum absolute atomic E-state index is 13.0. The molecule has 1 aromatic carbocycles. The molecule has 148 valence electrons. The van der Waals surface area contributed by atoms with Crippen LogP contribution in [0.2, 0.25) is 5.02 Å². The standard InChI is InChI=1S/C15H20ClN5O4S2/c1-3-25-15-14(18-26-19-15)17-11-5-4-10(16)13(12(11)22)27(23,24)21-8-6-20(2)7-9-21/h4-5,22H,3,6-9H2,1-2H3,(H,17,18). The Labute approximate surface area is 166 Å². The molecule has 0 atom stereocenters. The number of ether oxygens (including phenoxy) is 1. The highest BCUT2D eigenvalue weighted by Gasteiger charge is 2.33. The van der Waals surface area contributed by atoms with Crippen LogP contribution in [0.3, 0.4) is 0 Å². The minimum atomic E-state index is -3.95. The van der Waals surface area contributed by atoms with E-state index >= 15 is 0 Å². The highest BCUT2D eigenvalue weighted by atomic mass is 35.5. The Morgan fingerprint density at radius 3 is 2.67 bits per heavy atom. The van der Waals surface area contributed by atoms with E-state index in [1.54, 1.807) is 0 Å². The zero-order valence-corrected chi connectivity index (χ0v) is 17.2. The van der Waals surface area contributed by atoms with Gasteiger partial charge >= 0.3 is 0 Å². The molecule has 0 spiro atoms. The number of halogens is 1. The molecular weight excluding hydrogens is 414 g/mol. The lowest BCUT2D eigenvalue weighted by atomic mass is 10.3.